The van der Waals surface area contributed by atoms with Gasteiger partial charge in [-0.05, 0) is 6.07 Å². The molecule has 1 heterocycles. The van der Waals surface area contributed by atoms with E-state index in [2.05, 4.69) is 4.74 Å². The quantitative estimate of drug-likeness (QED) is 0.668. The molecule has 2 rings (SSSR count). The van der Waals surface area contributed by atoms with Crippen LogP contribution in [-0.2, 0) is 14.3 Å². The van der Waals surface area contributed by atoms with Crippen molar-refractivity contribution in [3.63, 3.8) is 0 Å². The number of esters is 1. The monoisotopic (exact) mass is 191 g/mol. The van der Waals surface area contributed by atoms with E-state index in [1.165, 1.54) is 6.47 Å². The van der Waals surface area contributed by atoms with E-state index in [0.29, 0.717) is 5.56 Å². The second-order valence-electron chi connectivity index (χ2n) is 2.88. The first kappa shape index (κ1) is 8.74. The number of cyclic esters (lactones) is 1. The van der Waals surface area contributed by atoms with Gasteiger partial charge >= 0.3 is 12.4 Å². The summed E-state index contributed by atoms with van der Waals surface area (Å²) in [4.78, 5) is 21.1. The van der Waals surface area contributed by atoms with Crippen molar-refractivity contribution in [3.05, 3.63) is 35.4 Å². The fourth-order valence-corrected chi connectivity index (χ4v) is 1.45. The molecule has 1 aliphatic heterocycles. The first-order valence-corrected chi connectivity index (χ1v) is 4.12. The van der Waals surface area contributed by atoms with Crippen LogP contribution in [0.15, 0.2) is 24.3 Å². The number of carbonyl (C=O) groups is 1. The van der Waals surface area contributed by atoms with Gasteiger partial charge < -0.3 is 9.47 Å². The van der Waals surface area contributed by atoms with Crippen molar-refractivity contribution in [2.75, 3.05) is 6.61 Å². The number of carbonyl (C=O) groups excluding carboxylic acids is 2. The van der Waals surface area contributed by atoms with Crippen LogP contribution >= 0.6 is 0 Å². The molecule has 0 N–H and O–H groups in total. The molecule has 4 nitrogen and oxygen atoms in total. The number of rotatable bonds is 3. The number of benzene rings is 1. The standard InChI is InChI=1S/C10H7O4/c11-6-13-5-9-7-3-1-2-4-8(7)10(12)14-9/h1-4,9H,5H2. The minimum absolute atomic E-state index is 0.0201. The third-order valence-electron chi connectivity index (χ3n) is 2.07. The average molecular weight is 191 g/mol. The Bertz CT molecular complexity index is 372. The summed E-state index contributed by atoms with van der Waals surface area (Å²) < 4.78 is 9.43. The molecule has 0 saturated carbocycles. The smallest absolute Gasteiger partial charge is 0.417 e. The molecule has 1 unspecified atom stereocenters. The van der Waals surface area contributed by atoms with Crippen LogP contribution in [0.4, 0.5) is 0 Å². The first-order valence-electron chi connectivity index (χ1n) is 4.12. The number of fused-ring (bicyclic) bond motifs is 1. The van der Waals surface area contributed by atoms with Crippen molar-refractivity contribution in [3.8, 4) is 0 Å². The maximum atomic E-state index is 11.3. The van der Waals surface area contributed by atoms with Crippen LogP contribution < -0.4 is 0 Å². The average Bonchev–Trinajstić information content (AvgIpc) is 2.54. The van der Waals surface area contributed by atoms with Crippen LogP contribution in [0.1, 0.15) is 22.0 Å². The van der Waals surface area contributed by atoms with Crippen molar-refractivity contribution in [2.24, 2.45) is 0 Å². The van der Waals surface area contributed by atoms with Crippen LogP contribution in [0.3, 0.4) is 0 Å². The SMILES string of the molecule is O=[C]OCC1OC(=O)c2ccccc21. The lowest BCUT2D eigenvalue weighted by molar-refractivity contribution is 0.0249. The molecule has 0 aliphatic carbocycles. The summed E-state index contributed by atoms with van der Waals surface area (Å²) in [5.41, 5.74) is 1.29. The van der Waals surface area contributed by atoms with E-state index in [1.54, 1.807) is 24.3 Å². The molecule has 0 saturated heterocycles. The Labute approximate surface area is 80.4 Å². The normalized spacial score (nSPS) is 18.6. The molecule has 1 aromatic carbocycles. The van der Waals surface area contributed by atoms with Crippen LogP contribution in [0.2, 0.25) is 0 Å². The Morgan fingerprint density at radius 3 is 3.00 bits per heavy atom. The van der Waals surface area contributed by atoms with Crippen molar-refractivity contribution < 1.29 is 19.1 Å². The maximum absolute atomic E-state index is 11.3. The number of hydrogen-bond acceptors (Lipinski definition) is 4. The topological polar surface area (TPSA) is 52.6 Å². The summed E-state index contributed by atoms with van der Waals surface area (Å²) in [5, 5.41) is 0. The van der Waals surface area contributed by atoms with Crippen LogP contribution in [0, 0.1) is 0 Å². The van der Waals surface area contributed by atoms with Gasteiger partial charge in [0, 0.05) is 5.56 Å². The largest absolute Gasteiger partial charge is 0.453 e. The maximum Gasteiger partial charge on any atom is 0.417 e. The van der Waals surface area contributed by atoms with Crippen molar-refractivity contribution in [2.45, 2.75) is 6.10 Å². The molecule has 14 heavy (non-hydrogen) atoms. The fourth-order valence-electron chi connectivity index (χ4n) is 1.45. The Balaban J connectivity index is 2.25. The third kappa shape index (κ3) is 1.35. The highest BCUT2D eigenvalue weighted by atomic mass is 16.6. The molecule has 1 radical (unpaired) electrons. The van der Waals surface area contributed by atoms with E-state index < -0.39 is 6.10 Å². The molecule has 4 heteroatoms. The fraction of sp³-hybridized carbons (Fsp3) is 0.200. The number of ether oxygens (including phenoxy) is 2. The minimum Gasteiger partial charge on any atom is -0.453 e. The lowest BCUT2D eigenvalue weighted by Crippen LogP contribution is -2.06. The molecule has 71 valence electrons. The Morgan fingerprint density at radius 2 is 2.21 bits per heavy atom. The van der Waals surface area contributed by atoms with Crippen LogP contribution in [0.5, 0.6) is 0 Å². The van der Waals surface area contributed by atoms with Gasteiger partial charge in [-0.15, -0.1) is 0 Å². The molecule has 0 aromatic heterocycles. The van der Waals surface area contributed by atoms with Gasteiger partial charge in [0.05, 0.1) is 5.56 Å². The summed E-state index contributed by atoms with van der Waals surface area (Å²) >= 11 is 0. The van der Waals surface area contributed by atoms with E-state index in [1.807, 2.05) is 0 Å². The Hall–Kier alpha value is -1.84. The highest BCUT2D eigenvalue weighted by Gasteiger charge is 2.30. The molecular formula is C10H7O4. The van der Waals surface area contributed by atoms with Crippen molar-refractivity contribution in [1.29, 1.82) is 0 Å². The minimum atomic E-state index is -0.486. The molecule has 1 aromatic rings. The molecule has 1 atom stereocenters. The Morgan fingerprint density at radius 1 is 1.43 bits per heavy atom. The summed E-state index contributed by atoms with van der Waals surface area (Å²) in [6, 6.07) is 7.02. The third-order valence-corrected chi connectivity index (χ3v) is 2.07. The second-order valence-corrected chi connectivity index (χ2v) is 2.88. The van der Waals surface area contributed by atoms with Gasteiger partial charge in [0.25, 0.3) is 0 Å². The van der Waals surface area contributed by atoms with Gasteiger partial charge in [0.1, 0.15) is 6.61 Å². The van der Waals surface area contributed by atoms with Gasteiger partial charge in [0.2, 0.25) is 0 Å². The van der Waals surface area contributed by atoms with Gasteiger partial charge in [0.15, 0.2) is 6.10 Å². The summed E-state index contributed by atoms with van der Waals surface area (Å²) in [7, 11) is 0. The lowest BCUT2D eigenvalue weighted by Gasteiger charge is -2.07. The molecule has 0 fully saturated rings. The van der Waals surface area contributed by atoms with Gasteiger partial charge in [-0.2, -0.15) is 0 Å². The number of hydrogen-bond donors (Lipinski definition) is 0. The molecule has 0 bridgehead atoms. The Kier molecular flexibility index (Phi) is 2.18. The lowest BCUT2D eigenvalue weighted by atomic mass is 10.1. The van der Waals surface area contributed by atoms with Crippen LogP contribution in [0.25, 0.3) is 0 Å². The van der Waals surface area contributed by atoms with Gasteiger partial charge in [-0.3, -0.25) is 0 Å². The van der Waals surface area contributed by atoms with Gasteiger partial charge in [-0.25, -0.2) is 9.59 Å². The van der Waals surface area contributed by atoms with Crippen molar-refractivity contribution >= 4 is 12.4 Å². The molecule has 0 spiro atoms. The van der Waals surface area contributed by atoms with Gasteiger partial charge in [-0.1, -0.05) is 18.2 Å². The summed E-state index contributed by atoms with van der Waals surface area (Å²) in [6.07, 6.45) is -0.486. The zero-order chi connectivity index (χ0) is 9.97. The summed E-state index contributed by atoms with van der Waals surface area (Å²) in [5.74, 6) is -0.375. The molecular weight excluding hydrogens is 184 g/mol. The summed E-state index contributed by atoms with van der Waals surface area (Å²) in [6.45, 7) is 1.32. The van der Waals surface area contributed by atoms with E-state index in [0.717, 1.165) is 5.56 Å². The zero-order valence-electron chi connectivity index (χ0n) is 7.23. The highest BCUT2D eigenvalue weighted by molar-refractivity contribution is 5.93. The van der Waals surface area contributed by atoms with E-state index in [-0.39, 0.29) is 12.6 Å². The predicted molar refractivity (Wildman–Crippen MR) is 46.2 cm³/mol. The molecule has 0 amide bonds. The molecule has 1 aliphatic rings. The van der Waals surface area contributed by atoms with E-state index in [4.69, 9.17) is 4.74 Å². The predicted octanol–water partition coefficient (Wildman–Crippen LogP) is 0.982. The van der Waals surface area contributed by atoms with E-state index >= 15 is 0 Å². The first-order chi connectivity index (χ1) is 6.83. The second kappa shape index (κ2) is 3.49. The van der Waals surface area contributed by atoms with E-state index in [9.17, 15) is 9.59 Å². The zero-order valence-corrected chi connectivity index (χ0v) is 7.23. The van der Waals surface area contributed by atoms with Crippen molar-refractivity contribution in [1.82, 2.24) is 0 Å². The van der Waals surface area contributed by atoms with Crippen LogP contribution in [-0.4, -0.2) is 19.0 Å². The highest BCUT2D eigenvalue weighted by Crippen LogP contribution is 2.30.